The van der Waals surface area contributed by atoms with Crippen LogP contribution in [0.25, 0.3) is 0 Å². The van der Waals surface area contributed by atoms with Gasteiger partial charge in [-0.1, -0.05) is 66.5 Å². The zero-order chi connectivity index (χ0) is 25.0. The van der Waals surface area contributed by atoms with E-state index in [1.165, 1.54) is 0 Å². The first-order valence-electron chi connectivity index (χ1n) is 11.9. The summed E-state index contributed by atoms with van der Waals surface area (Å²) in [6.45, 7) is 3.98. The number of benzene rings is 3. The first kappa shape index (κ1) is 25.5. The van der Waals surface area contributed by atoms with Crippen molar-refractivity contribution in [1.29, 1.82) is 0 Å². The monoisotopic (exact) mass is 511 g/mol. The van der Waals surface area contributed by atoms with Gasteiger partial charge in [0, 0.05) is 35.4 Å². The predicted octanol–water partition coefficient (Wildman–Crippen LogP) is 5.20. The maximum atomic E-state index is 14.3. The van der Waals surface area contributed by atoms with Crippen LogP contribution in [0.2, 0.25) is 10.0 Å². The van der Waals surface area contributed by atoms with E-state index in [9.17, 15) is 9.90 Å². The molecule has 0 spiro atoms. The van der Waals surface area contributed by atoms with Crippen LogP contribution in [0, 0.1) is 0 Å². The van der Waals surface area contributed by atoms with Crippen molar-refractivity contribution in [1.82, 2.24) is 10.2 Å². The van der Waals surface area contributed by atoms with Gasteiger partial charge in [0.05, 0.1) is 17.6 Å². The molecule has 0 radical (unpaired) electrons. The first-order valence-corrected chi connectivity index (χ1v) is 12.7. The highest BCUT2D eigenvalue weighted by molar-refractivity contribution is 6.30. The molecular formula is C28H31Cl2N3O2. The number of aliphatic hydroxyl groups excluding tert-OH is 1. The third-order valence-corrected chi connectivity index (χ3v) is 7.43. The number of anilines is 1. The second-order valence-electron chi connectivity index (χ2n) is 9.17. The first-order chi connectivity index (χ1) is 16.8. The number of hydrogen-bond donors (Lipinski definition) is 3. The second-order valence-corrected chi connectivity index (χ2v) is 10.0. The molecule has 3 aromatic carbocycles. The van der Waals surface area contributed by atoms with Crippen LogP contribution in [0.4, 0.5) is 5.69 Å². The molecule has 4 rings (SSSR count). The summed E-state index contributed by atoms with van der Waals surface area (Å²) in [4.78, 5) is 16.5. The number of rotatable bonds is 8. The van der Waals surface area contributed by atoms with Gasteiger partial charge in [-0.05, 0) is 65.9 Å². The fraction of sp³-hybridized carbons (Fsp3) is 0.321. The number of nitrogens with zero attached hydrogens (tertiary/aromatic N) is 1. The van der Waals surface area contributed by atoms with Crippen LogP contribution < -0.4 is 11.1 Å². The zero-order valence-electron chi connectivity index (χ0n) is 19.8. The highest BCUT2D eigenvalue weighted by Crippen LogP contribution is 2.38. The lowest BCUT2D eigenvalue weighted by molar-refractivity contribution is -0.126. The molecule has 35 heavy (non-hydrogen) atoms. The average Bonchev–Trinajstić information content (AvgIpc) is 3.26. The maximum Gasteiger partial charge on any atom is 0.235 e. The molecule has 1 saturated heterocycles. The minimum Gasteiger partial charge on any atom is -0.399 e. The Morgan fingerprint density at radius 2 is 1.57 bits per heavy atom. The lowest BCUT2D eigenvalue weighted by Gasteiger charge is -2.35. The average molecular weight is 512 g/mol. The summed E-state index contributed by atoms with van der Waals surface area (Å²) in [7, 11) is 0. The van der Waals surface area contributed by atoms with Crippen molar-refractivity contribution in [3.05, 3.63) is 99.5 Å². The largest absolute Gasteiger partial charge is 0.399 e. The minimum absolute atomic E-state index is 0.105. The van der Waals surface area contributed by atoms with Gasteiger partial charge in [0.25, 0.3) is 0 Å². The van der Waals surface area contributed by atoms with Crippen molar-refractivity contribution in [3.8, 4) is 0 Å². The summed E-state index contributed by atoms with van der Waals surface area (Å²) in [5, 5.41) is 14.6. The highest BCUT2D eigenvalue weighted by atomic mass is 35.5. The number of nitrogen functional groups attached to an aromatic ring is 1. The Kier molecular flexibility index (Phi) is 8.02. The summed E-state index contributed by atoms with van der Waals surface area (Å²) in [6, 6.07) is 22.2. The van der Waals surface area contributed by atoms with Crippen molar-refractivity contribution in [2.24, 2.45) is 0 Å². The minimum atomic E-state index is -0.939. The summed E-state index contributed by atoms with van der Waals surface area (Å²) in [5.74, 6) is -0.105. The van der Waals surface area contributed by atoms with E-state index >= 15 is 0 Å². The number of halogens is 2. The van der Waals surface area contributed by atoms with Crippen molar-refractivity contribution < 1.29 is 9.90 Å². The molecular weight excluding hydrogens is 481 g/mol. The van der Waals surface area contributed by atoms with Crippen molar-refractivity contribution in [2.45, 2.75) is 37.3 Å². The number of hydrogen-bond acceptors (Lipinski definition) is 4. The van der Waals surface area contributed by atoms with Crippen LogP contribution >= 0.6 is 23.2 Å². The molecule has 3 aromatic rings. The number of nitrogens with two attached hydrogens (primary N) is 1. The molecule has 1 fully saturated rings. The number of β-amino-alcohol motifs (C(OH)–C–C–N with tert-alkyl or cyclic N) is 1. The molecule has 1 amide bonds. The third kappa shape index (κ3) is 5.65. The van der Waals surface area contributed by atoms with Crippen LogP contribution in [-0.2, 0) is 10.2 Å². The van der Waals surface area contributed by atoms with Gasteiger partial charge in [0.15, 0.2) is 0 Å². The quantitative estimate of drug-likeness (QED) is 0.363. The molecule has 0 aromatic heterocycles. The van der Waals surface area contributed by atoms with Crippen molar-refractivity contribution >= 4 is 34.8 Å². The summed E-state index contributed by atoms with van der Waals surface area (Å²) >= 11 is 12.4. The molecule has 1 aliphatic rings. The van der Waals surface area contributed by atoms with Gasteiger partial charge >= 0.3 is 0 Å². The van der Waals surface area contributed by atoms with Crippen molar-refractivity contribution in [3.63, 3.8) is 0 Å². The molecule has 0 bridgehead atoms. The smallest absolute Gasteiger partial charge is 0.235 e. The fourth-order valence-corrected chi connectivity index (χ4v) is 5.20. The fourth-order valence-electron chi connectivity index (χ4n) is 4.95. The molecule has 2 atom stereocenters. The molecule has 1 unspecified atom stereocenters. The van der Waals surface area contributed by atoms with Crippen LogP contribution in [0.3, 0.4) is 0 Å². The maximum absolute atomic E-state index is 14.3. The van der Waals surface area contributed by atoms with Gasteiger partial charge in [0.1, 0.15) is 0 Å². The van der Waals surface area contributed by atoms with Gasteiger partial charge < -0.3 is 16.2 Å². The molecule has 5 nitrogen and oxygen atoms in total. The van der Waals surface area contributed by atoms with Gasteiger partial charge in [-0.25, -0.2) is 0 Å². The number of carbonyl (C=O) groups excluding carboxylic acids is 1. The zero-order valence-corrected chi connectivity index (χ0v) is 21.3. The third-order valence-electron chi connectivity index (χ3n) is 6.92. The normalized spacial score (nSPS) is 17.3. The SMILES string of the molecule is CCC(C(=O)N[C@H](CN1CCC(O)C1)c1ccc(N)cc1)(c1ccc(Cl)cc1)c1ccc(Cl)cc1. The number of amides is 1. The van der Waals surface area contributed by atoms with E-state index in [0.29, 0.717) is 35.2 Å². The number of likely N-dealkylation sites (tertiary alicyclic amines) is 1. The van der Waals surface area contributed by atoms with Gasteiger partial charge in [0.2, 0.25) is 5.91 Å². The van der Waals surface area contributed by atoms with E-state index in [2.05, 4.69) is 10.2 Å². The lowest BCUT2D eigenvalue weighted by Crippen LogP contribution is -2.48. The predicted molar refractivity (Wildman–Crippen MR) is 143 cm³/mol. The van der Waals surface area contributed by atoms with Crippen LogP contribution in [0.15, 0.2) is 72.8 Å². The Hall–Kier alpha value is -2.57. The molecule has 4 N–H and O–H groups in total. The number of nitrogens with one attached hydrogen (secondary N) is 1. The molecule has 184 valence electrons. The topological polar surface area (TPSA) is 78.6 Å². The Morgan fingerprint density at radius 3 is 2.03 bits per heavy atom. The number of carbonyl (C=O) groups is 1. The second kappa shape index (κ2) is 11.0. The van der Waals surface area contributed by atoms with Crippen LogP contribution in [0.5, 0.6) is 0 Å². The Balaban J connectivity index is 1.73. The van der Waals surface area contributed by atoms with Crippen LogP contribution in [-0.4, -0.2) is 41.7 Å². The molecule has 1 heterocycles. The van der Waals surface area contributed by atoms with Gasteiger partial charge in [-0.2, -0.15) is 0 Å². The molecule has 0 aliphatic carbocycles. The van der Waals surface area contributed by atoms with E-state index in [1.807, 2.05) is 79.7 Å². The van der Waals surface area contributed by atoms with Crippen LogP contribution in [0.1, 0.15) is 42.5 Å². The van der Waals surface area contributed by atoms with E-state index in [-0.39, 0.29) is 18.1 Å². The van der Waals surface area contributed by atoms with Crippen molar-refractivity contribution in [2.75, 3.05) is 25.4 Å². The Bertz CT molecular complexity index is 1090. The van der Waals surface area contributed by atoms with E-state index in [0.717, 1.165) is 29.7 Å². The molecule has 7 heteroatoms. The standard InChI is InChI=1S/C28H31Cl2N3O2/c1-2-28(20-5-9-22(29)10-6-20,21-7-11-23(30)12-8-21)27(35)32-26(18-33-16-15-25(34)17-33)19-3-13-24(31)14-4-19/h3-14,25-26,34H,2,15-18,31H2,1H3,(H,32,35)/t25?,26-/m1/s1. The molecule has 0 saturated carbocycles. The van der Waals surface area contributed by atoms with E-state index in [4.69, 9.17) is 28.9 Å². The summed E-state index contributed by atoms with van der Waals surface area (Å²) in [5.41, 5.74) is 8.33. The summed E-state index contributed by atoms with van der Waals surface area (Å²) < 4.78 is 0. The molecule has 1 aliphatic heterocycles. The number of aliphatic hydroxyl groups is 1. The Morgan fingerprint density at radius 1 is 1.03 bits per heavy atom. The van der Waals surface area contributed by atoms with Gasteiger partial charge in [-0.3, -0.25) is 9.69 Å². The van der Waals surface area contributed by atoms with E-state index < -0.39 is 5.41 Å². The summed E-state index contributed by atoms with van der Waals surface area (Å²) in [6.07, 6.45) is 0.936. The lowest BCUT2D eigenvalue weighted by atomic mass is 9.71. The van der Waals surface area contributed by atoms with E-state index in [1.54, 1.807) is 0 Å². The Labute approximate surface area is 216 Å². The highest BCUT2D eigenvalue weighted by Gasteiger charge is 2.41. The van der Waals surface area contributed by atoms with Gasteiger partial charge in [-0.15, -0.1) is 0 Å².